The summed E-state index contributed by atoms with van der Waals surface area (Å²) in [7, 11) is 3.47. The average molecular weight is 387 g/mol. The molecule has 0 aromatic carbocycles. The number of guanidine groups is 1. The van der Waals surface area contributed by atoms with E-state index in [1.54, 1.807) is 14.2 Å². The second-order valence-electron chi connectivity index (χ2n) is 4.57. The fourth-order valence-electron chi connectivity index (χ4n) is 1.33. The summed E-state index contributed by atoms with van der Waals surface area (Å²) >= 11 is 0. The predicted octanol–water partition coefficient (Wildman–Crippen LogP) is 1.87. The molecule has 0 aliphatic rings. The van der Waals surface area contributed by atoms with Crippen molar-refractivity contribution in [2.45, 2.75) is 26.7 Å². The van der Waals surface area contributed by atoms with Crippen LogP contribution in [0.5, 0.6) is 0 Å². The van der Waals surface area contributed by atoms with E-state index < -0.39 is 0 Å². The Bertz CT molecular complexity index is 214. The van der Waals surface area contributed by atoms with Crippen LogP contribution in [-0.4, -0.2) is 53.0 Å². The number of rotatable bonds is 10. The Labute approximate surface area is 134 Å². The maximum absolute atomic E-state index is 5.38. The van der Waals surface area contributed by atoms with Gasteiger partial charge in [-0.15, -0.1) is 24.0 Å². The van der Waals surface area contributed by atoms with Crippen LogP contribution in [0.15, 0.2) is 4.99 Å². The van der Waals surface area contributed by atoms with Crippen LogP contribution in [0.25, 0.3) is 0 Å². The van der Waals surface area contributed by atoms with Gasteiger partial charge in [0.25, 0.3) is 0 Å². The van der Waals surface area contributed by atoms with Gasteiger partial charge in [-0.1, -0.05) is 13.8 Å². The molecule has 5 nitrogen and oxygen atoms in total. The summed E-state index contributed by atoms with van der Waals surface area (Å²) in [6, 6.07) is 0. The van der Waals surface area contributed by atoms with Gasteiger partial charge in [-0.3, -0.25) is 4.99 Å². The van der Waals surface area contributed by atoms with Crippen molar-refractivity contribution in [2.24, 2.45) is 10.9 Å². The molecule has 0 radical (unpaired) electrons. The fourth-order valence-corrected chi connectivity index (χ4v) is 1.33. The zero-order valence-corrected chi connectivity index (χ0v) is 15.0. The van der Waals surface area contributed by atoms with Gasteiger partial charge in [-0.05, 0) is 18.8 Å². The second kappa shape index (κ2) is 16.0. The number of aliphatic imine (C=N–C) groups is 1. The summed E-state index contributed by atoms with van der Waals surface area (Å²) in [5.74, 6) is 1.58. The van der Waals surface area contributed by atoms with Gasteiger partial charge in [0.2, 0.25) is 0 Å². The fraction of sp³-hybridized carbons (Fsp3) is 0.923. The highest BCUT2D eigenvalue weighted by molar-refractivity contribution is 14.0. The lowest BCUT2D eigenvalue weighted by Crippen LogP contribution is -2.38. The molecule has 0 aliphatic carbocycles. The van der Waals surface area contributed by atoms with Crippen LogP contribution >= 0.6 is 24.0 Å². The monoisotopic (exact) mass is 387 g/mol. The Morgan fingerprint density at radius 2 is 1.79 bits per heavy atom. The summed E-state index contributed by atoms with van der Waals surface area (Å²) in [5, 5.41) is 6.55. The van der Waals surface area contributed by atoms with E-state index in [1.807, 2.05) is 0 Å². The van der Waals surface area contributed by atoms with Crippen molar-refractivity contribution in [3.8, 4) is 0 Å². The van der Waals surface area contributed by atoms with Crippen molar-refractivity contribution in [3.63, 3.8) is 0 Å². The van der Waals surface area contributed by atoms with Crippen molar-refractivity contribution in [1.29, 1.82) is 0 Å². The molecule has 0 saturated heterocycles. The standard InChI is InChI=1S/C13H29N3O2.HI/c1-12(2)6-8-16-13(14-3)15-7-5-9-18-11-10-17-4;/h12H,5-11H2,1-4H3,(H2,14,15,16);1H. The van der Waals surface area contributed by atoms with Crippen LogP contribution in [0.3, 0.4) is 0 Å². The molecule has 0 unspecified atom stereocenters. The Morgan fingerprint density at radius 3 is 2.37 bits per heavy atom. The lowest BCUT2D eigenvalue weighted by molar-refractivity contribution is 0.0698. The van der Waals surface area contributed by atoms with E-state index in [2.05, 4.69) is 29.5 Å². The maximum Gasteiger partial charge on any atom is 0.190 e. The third-order valence-electron chi connectivity index (χ3n) is 2.43. The van der Waals surface area contributed by atoms with Gasteiger partial charge in [0.05, 0.1) is 13.2 Å². The number of nitrogens with one attached hydrogen (secondary N) is 2. The predicted molar refractivity (Wildman–Crippen MR) is 91.5 cm³/mol. The quantitative estimate of drug-likeness (QED) is 0.260. The zero-order chi connectivity index (χ0) is 13.6. The van der Waals surface area contributed by atoms with Gasteiger partial charge in [-0.25, -0.2) is 0 Å². The van der Waals surface area contributed by atoms with Crippen molar-refractivity contribution in [1.82, 2.24) is 10.6 Å². The van der Waals surface area contributed by atoms with E-state index in [0.717, 1.165) is 38.5 Å². The maximum atomic E-state index is 5.38. The minimum atomic E-state index is 0. The molecule has 0 atom stereocenters. The van der Waals surface area contributed by atoms with E-state index in [4.69, 9.17) is 9.47 Å². The molecular weight excluding hydrogens is 357 g/mol. The minimum Gasteiger partial charge on any atom is -0.382 e. The first kappa shape index (κ1) is 21.2. The lowest BCUT2D eigenvalue weighted by Gasteiger charge is -2.12. The van der Waals surface area contributed by atoms with Crippen LogP contribution in [0, 0.1) is 5.92 Å². The summed E-state index contributed by atoms with van der Waals surface area (Å²) in [6.45, 7) is 8.34. The SMILES string of the molecule is CN=C(NCCCOCCOC)NCCC(C)C.I. The van der Waals surface area contributed by atoms with Crippen molar-refractivity contribution >= 4 is 29.9 Å². The molecule has 0 heterocycles. The van der Waals surface area contributed by atoms with E-state index in [0.29, 0.717) is 19.1 Å². The molecule has 0 aromatic heterocycles. The third kappa shape index (κ3) is 15.9. The first-order chi connectivity index (χ1) is 8.70. The molecule has 0 rings (SSSR count). The number of hydrogen-bond acceptors (Lipinski definition) is 3. The molecule has 0 aromatic rings. The van der Waals surface area contributed by atoms with Crippen LogP contribution in [0.2, 0.25) is 0 Å². The summed E-state index contributed by atoms with van der Waals surface area (Å²) < 4.78 is 10.3. The molecule has 0 aliphatic heterocycles. The van der Waals surface area contributed by atoms with E-state index in [1.165, 1.54) is 0 Å². The first-order valence-corrected chi connectivity index (χ1v) is 6.72. The van der Waals surface area contributed by atoms with Gasteiger partial charge in [0, 0.05) is 33.9 Å². The van der Waals surface area contributed by atoms with Crippen molar-refractivity contribution < 1.29 is 9.47 Å². The molecule has 0 saturated carbocycles. The van der Waals surface area contributed by atoms with Crippen LogP contribution in [0.1, 0.15) is 26.7 Å². The Balaban J connectivity index is 0. The average Bonchev–Trinajstić information content (AvgIpc) is 2.35. The van der Waals surface area contributed by atoms with Gasteiger partial charge >= 0.3 is 0 Å². The lowest BCUT2D eigenvalue weighted by atomic mass is 10.1. The number of hydrogen-bond donors (Lipinski definition) is 2. The van der Waals surface area contributed by atoms with E-state index in [-0.39, 0.29) is 24.0 Å². The van der Waals surface area contributed by atoms with Crippen LogP contribution in [-0.2, 0) is 9.47 Å². The smallest absolute Gasteiger partial charge is 0.190 e. The number of nitrogens with zero attached hydrogens (tertiary/aromatic N) is 1. The second-order valence-corrected chi connectivity index (χ2v) is 4.57. The number of ether oxygens (including phenoxy) is 2. The van der Waals surface area contributed by atoms with E-state index in [9.17, 15) is 0 Å². The highest BCUT2D eigenvalue weighted by atomic mass is 127. The molecular formula is C13H30IN3O2. The summed E-state index contributed by atoms with van der Waals surface area (Å²) in [5.41, 5.74) is 0. The van der Waals surface area contributed by atoms with Crippen LogP contribution < -0.4 is 10.6 Å². The summed E-state index contributed by atoms with van der Waals surface area (Å²) in [4.78, 5) is 4.17. The summed E-state index contributed by atoms with van der Waals surface area (Å²) in [6.07, 6.45) is 2.12. The first-order valence-electron chi connectivity index (χ1n) is 6.72. The highest BCUT2D eigenvalue weighted by Crippen LogP contribution is 1.95. The van der Waals surface area contributed by atoms with Crippen LogP contribution in [0.4, 0.5) is 0 Å². The van der Waals surface area contributed by atoms with Gasteiger partial charge < -0.3 is 20.1 Å². The highest BCUT2D eigenvalue weighted by Gasteiger charge is 1.98. The van der Waals surface area contributed by atoms with Gasteiger partial charge in [-0.2, -0.15) is 0 Å². The number of methoxy groups -OCH3 is 1. The molecule has 0 amide bonds. The molecule has 116 valence electrons. The minimum absolute atomic E-state index is 0. The Morgan fingerprint density at radius 1 is 1.11 bits per heavy atom. The third-order valence-corrected chi connectivity index (χ3v) is 2.43. The Kier molecular flexibility index (Phi) is 17.8. The molecule has 0 spiro atoms. The number of halogens is 1. The largest absolute Gasteiger partial charge is 0.382 e. The van der Waals surface area contributed by atoms with Crippen molar-refractivity contribution in [2.75, 3.05) is 47.1 Å². The van der Waals surface area contributed by atoms with Gasteiger partial charge in [0.15, 0.2) is 5.96 Å². The van der Waals surface area contributed by atoms with Gasteiger partial charge in [0.1, 0.15) is 0 Å². The molecule has 2 N–H and O–H groups in total. The zero-order valence-electron chi connectivity index (χ0n) is 12.7. The molecule has 0 bridgehead atoms. The van der Waals surface area contributed by atoms with Crippen molar-refractivity contribution in [3.05, 3.63) is 0 Å². The molecule has 6 heteroatoms. The normalized spacial score (nSPS) is 11.3. The Hall–Kier alpha value is -0.0800. The molecule has 0 fully saturated rings. The van der Waals surface area contributed by atoms with E-state index >= 15 is 0 Å². The molecule has 19 heavy (non-hydrogen) atoms. The topological polar surface area (TPSA) is 54.9 Å².